The molecule has 0 spiro atoms. The third-order valence-corrected chi connectivity index (χ3v) is 3.87. The van der Waals surface area contributed by atoms with Crippen LogP contribution in [-0.2, 0) is 9.53 Å². The minimum Gasteiger partial charge on any atom is -0.480 e. The molecular weight excluding hydrogens is 318 g/mol. The van der Waals surface area contributed by atoms with Crippen molar-refractivity contribution in [3.63, 3.8) is 0 Å². The average molecular weight is 341 g/mol. The Labute approximate surface area is 148 Å². The standard InChI is InChI=1S/C20H23NO4/c1-5-17(25-18-12-13(2)10-11-14(18)3)19(22)21-16-9-7-6-8-15(16)20(23)24-4/h6-12,17H,5H2,1-4H3,(H,21,22)/t17-/m0/s1. The van der Waals surface area contributed by atoms with Crippen molar-refractivity contribution in [2.24, 2.45) is 0 Å². The fourth-order valence-corrected chi connectivity index (χ4v) is 2.40. The molecule has 1 N–H and O–H groups in total. The Bertz CT molecular complexity index is 770. The van der Waals surface area contributed by atoms with Crippen LogP contribution >= 0.6 is 0 Å². The number of ether oxygens (including phenoxy) is 2. The summed E-state index contributed by atoms with van der Waals surface area (Å²) in [5.74, 6) is -0.123. The van der Waals surface area contributed by atoms with Crippen molar-refractivity contribution in [2.75, 3.05) is 12.4 Å². The topological polar surface area (TPSA) is 64.6 Å². The Hall–Kier alpha value is -2.82. The summed E-state index contributed by atoms with van der Waals surface area (Å²) in [7, 11) is 1.30. The third-order valence-electron chi connectivity index (χ3n) is 3.87. The highest BCUT2D eigenvalue weighted by Gasteiger charge is 2.21. The van der Waals surface area contributed by atoms with Gasteiger partial charge in [0.2, 0.25) is 0 Å². The number of nitrogens with one attached hydrogen (secondary N) is 1. The van der Waals surface area contributed by atoms with Gasteiger partial charge in [0.1, 0.15) is 5.75 Å². The van der Waals surface area contributed by atoms with Crippen LogP contribution in [0.4, 0.5) is 5.69 Å². The highest BCUT2D eigenvalue weighted by Crippen LogP contribution is 2.22. The smallest absolute Gasteiger partial charge is 0.339 e. The lowest BCUT2D eigenvalue weighted by atomic mass is 10.1. The summed E-state index contributed by atoms with van der Waals surface area (Å²) in [5, 5.41) is 2.77. The van der Waals surface area contributed by atoms with Gasteiger partial charge < -0.3 is 14.8 Å². The lowest BCUT2D eigenvalue weighted by molar-refractivity contribution is -0.122. The Balaban J connectivity index is 2.18. The van der Waals surface area contributed by atoms with Gasteiger partial charge in [0.05, 0.1) is 18.4 Å². The third kappa shape index (κ3) is 4.59. The van der Waals surface area contributed by atoms with Gasteiger partial charge in [-0.15, -0.1) is 0 Å². The number of carbonyl (C=O) groups excluding carboxylic acids is 2. The molecule has 5 nitrogen and oxygen atoms in total. The monoisotopic (exact) mass is 341 g/mol. The maximum Gasteiger partial charge on any atom is 0.339 e. The largest absolute Gasteiger partial charge is 0.480 e. The van der Waals surface area contributed by atoms with Gasteiger partial charge in [-0.1, -0.05) is 31.2 Å². The van der Waals surface area contributed by atoms with Crippen molar-refractivity contribution in [2.45, 2.75) is 33.3 Å². The van der Waals surface area contributed by atoms with Crippen molar-refractivity contribution in [1.82, 2.24) is 0 Å². The molecule has 0 heterocycles. The predicted molar refractivity (Wildman–Crippen MR) is 97.0 cm³/mol. The lowest BCUT2D eigenvalue weighted by Crippen LogP contribution is -2.33. The van der Waals surface area contributed by atoms with E-state index in [1.54, 1.807) is 24.3 Å². The first kappa shape index (κ1) is 18.5. The molecule has 25 heavy (non-hydrogen) atoms. The summed E-state index contributed by atoms with van der Waals surface area (Å²) < 4.78 is 10.7. The van der Waals surface area contributed by atoms with E-state index in [9.17, 15) is 9.59 Å². The van der Waals surface area contributed by atoms with E-state index in [2.05, 4.69) is 5.32 Å². The number of aryl methyl sites for hydroxylation is 2. The number of rotatable bonds is 6. The highest BCUT2D eigenvalue weighted by molar-refractivity contribution is 6.02. The maximum absolute atomic E-state index is 12.6. The Kier molecular flexibility index (Phi) is 6.17. The zero-order valence-electron chi connectivity index (χ0n) is 15.0. The molecule has 0 aliphatic rings. The minimum atomic E-state index is -0.661. The summed E-state index contributed by atoms with van der Waals surface area (Å²) >= 11 is 0. The van der Waals surface area contributed by atoms with Crippen LogP contribution < -0.4 is 10.1 Å². The number of benzene rings is 2. The summed E-state index contributed by atoms with van der Waals surface area (Å²) in [4.78, 5) is 24.4. The molecule has 0 bridgehead atoms. The molecule has 0 saturated carbocycles. The van der Waals surface area contributed by atoms with E-state index in [1.165, 1.54) is 7.11 Å². The molecule has 0 fully saturated rings. The Morgan fingerprint density at radius 3 is 2.52 bits per heavy atom. The molecule has 1 atom stereocenters. The quantitative estimate of drug-likeness (QED) is 0.810. The minimum absolute atomic E-state index is 0.305. The van der Waals surface area contributed by atoms with Crippen LogP contribution in [0.1, 0.15) is 34.8 Å². The lowest BCUT2D eigenvalue weighted by Gasteiger charge is -2.19. The van der Waals surface area contributed by atoms with E-state index in [0.29, 0.717) is 23.4 Å². The SMILES string of the molecule is CC[C@H](Oc1cc(C)ccc1C)C(=O)Nc1ccccc1C(=O)OC. The fraction of sp³-hybridized carbons (Fsp3) is 0.300. The molecule has 2 aromatic rings. The number of esters is 1. The molecule has 1 amide bonds. The Morgan fingerprint density at radius 1 is 1.12 bits per heavy atom. The first-order chi connectivity index (χ1) is 12.0. The van der Waals surface area contributed by atoms with Crippen molar-refractivity contribution in [1.29, 1.82) is 0 Å². The number of amides is 1. The first-order valence-corrected chi connectivity index (χ1v) is 8.18. The first-order valence-electron chi connectivity index (χ1n) is 8.18. The Morgan fingerprint density at radius 2 is 1.84 bits per heavy atom. The zero-order chi connectivity index (χ0) is 18.4. The highest BCUT2D eigenvalue weighted by atomic mass is 16.5. The second-order valence-electron chi connectivity index (χ2n) is 5.81. The van der Waals surface area contributed by atoms with Crippen LogP contribution in [0.3, 0.4) is 0 Å². The predicted octanol–water partition coefficient (Wildman–Crippen LogP) is 3.89. The molecule has 0 aromatic heterocycles. The van der Waals surface area contributed by atoms with Crippen LogP contribution in [0.5, 0.6) is 5.75 Å². The molecule has 0 aliphatic heterocycles. The van der Waals surface area contributed by atoms with E-state index in [4.69, 9.17) is 9.47 Å². The van der Waals surface area contributed by atoms with Crippen LogP contribution in [0.2, 0.25) is 0 Å². The number of carbonyl (C=O) groups is 2. The summed E-state index contributed by atoms with van der Waals surface area (Å²) in [6.45, 7) is 5.79. The molecule has 132 valence electrons. The van der Waals surface area contributed by atoms with Crippen LogP contribution in [-0.4, -0.2) is 25.1 Å². The van der Waals surface area contributed by atoms with Crippen molar-refractivity contribution in [3.8, 4) is 5.75 Å². The number of para-hydroxylation sites is 1. The van der Waals surface area contributed by atoms with Gasteiger partial charge in [0.15, 0.2) is 6.10 Å². The fourth-order valence-electron chi connectivity index (χ4n) is 2.40. The van der Waals surface area contributed by atoms with E-state index >= 15 is 0 Å². The summed E-state index contributed by atoms with van der Waals surface area (Å²) in [5.41, 5.74) is 2.74. The van der Waals surface area contributed by atoms with E-state index in [-0.39, 0.29) is 5.91 Å². The molecule has 0 radical (unpaired) electrons. The van der Waals surface area contributed by atoms with Gasteiger partial charge in [-0.05, 0) is 49.6 Å². The molecule has 0 aliphatic carbocycles. The normalized spacial score (nSPS) is 11.5. The second-order valence-corrected chi connectivity index (χ2v) is 5.81. The molecule has 2 aromatic carbocycles. The number of hydrogen-bond donors (Lipinski definition) is 1. The molecule has 0 unspecified atom stereocenters. The van der Waals surface area contributed by atoms with Gasteiger partial charge in [-0.3, -0.25) is 4.79 Å². The van der Waals surface area contributed by atoms with Gasteiger partial charge in [-0.2, -0.15) is 0 Å². The zero-order valence-corrected chi connectivity index (χ0v) is 15.0. The van der Waals surface area contributed by atoms with Gasteiger partial charge in [0, 0.05) is 0 Å². The van der Waals surface area contributed by atoms with Crippen LogP contribution in [0, 0.1) is 13.8 Å². The maximum atomic E-state index is 12.6. The van der Waals surface area contributed by atoms with Crippen LogP contribution in [0.15, 0.2) is 42.5 Å². The van der Waals surface area contributed by atoms with E-state index in [1.807, 2.05) is 39.0 Å². The molecule has 0 saturated heterocycles. The summed E-state index contributed by atoms with van der Waals surface area (Å²) in [6.07, 6.45) is -0.161. The number of anilines is 1. The van der Waals surface area contributed by atoms with Gasteiger partial charge in [0.25, 0.3) is 5.91 Å². The van der Waals surface area contributed by atoms with Gasteiger partial charge >= 0.3 is 5.97 Å². The van der Waals surface area contributed by atoms with E-state index < -0.39 is 12.1 Å². The van der Waals surface area contributed by atoms with E-state index in [0.717, 1.165) is 11.1 Å². The second kappa shape index (κ2) is 8.33. The van der Waals surface area contributed by atoms with Crippen LogP contribution in [0.25, 0.3) is 0 Å². The van der Waals surface area contributed by atoms with Crippen molar-refractivity contribution < 1.29 is 19.1 Å². The summed E-state index contributed by atoms with van der Waals surface area (Å²) in [6, 6.07) is 12.6. The molecule has 5 heteroatoms. The number of hydrogen-bond acceptors (Lipinski definition) is 4. The molecular formula is C20H23NO4. The average Bonchev–Trinajstić information content (AvgIpc) is 2.62. The van der Waals surface area contributed by atoms with Gasteiger partial charge in [-0.25, -0.2) is 4.79 Å². The number of methoxy groups -OCH3 is 1. The molecule has 2 rings (SSSR count). The van der Waals surface area contributed by atoms with Crippen molar-refractivity contribution >= 4 is 17.6 Å². The van der Waals surface area contributed by atoms with Crippen molar-refractivity contribution in [3.05, 3.63) is 59.2 Å².